The highest BCUT2D eigenvalue weighted by molar-refractivity contribution is 5.94. The Bertz CT molecular complexity index is 756. The maximum absolute atomic E-state index is 12.8. The van der Waals surface area contributed by atoms with Crippen LogP contribution in [0.2, 0.25) is 0 Å². The predicted octanol–water partition coefficient (Wildman–Crippen LogP) is 3.59. The van der Waals surface area contributed by atoms with Crippen molar-refractivity contribution in [2.24, 2.45) is 0 Å². The lowest BCUT2D eigenvalue weighted by Gasteiger charge is -2.13. The summed E-state index contributed by atoms with van der Waals surface area (Å²) in [7, 11) is 0. The predicted molar refractivity (Wildman–Crippen MR) is 86.7 cm³/mol. The van der Waals surface area contributed by atoms with Crippen molar-refractivity contribution in [3.8, 4) is 11.5 Å². The van der Waals surface area contributed by atoms with Crippen molar-refractivity contribution in [1.82, 2.24) is 10.6 Å². The normalized spacial score (nSPS) is 17.3. The quantitative estimate of drug-likeness (QED) is 0.886. The summed E-state index contributed by atoms with van der Waals surface area (Å²) in [5, 5.41) is 6.07. The van der Waals surface area contributed by atoms with E-state index in [1.807, 2.05) is 0 Å². The van der Waals surface area contributed by atoms with E-state index >= 15 is 0 Å². The largest absolute Gasteiger partial charge is 0.457 e. The molecule has 1 fully saturated rings. The molecule has 1 amide bonds. The van der Waals surface area contributed by atoms with E-state index in [0.717, 1.165) is 31.6 Å². The minimum Gasteiger partial charge on any atom is -0.457 e. The van der Waals surface area contributed by atoms with Crippen LogP contribution in [0.3, 0.4) is 0 Å². The van der Waals surface area contributed by atoms with E-state index < -0.39 is 11.7 Å². The molecule has 1 aliphatic rings. The molecule has 0 bridgehead atoms. The van der Waals surface area contributed by atoms with E-state index in [-0.39, 0.29) is 17.7 Å². The molecule has 0 saturated carbocycles. The Hall–Kier alpha value is -2.54. The third-order valence-electron chi connectivity index (χ3n) is 3.89. The lowest BCUT2D eigenvalue weighted by Crippen LogP contribution is -2.36. The standard InChI is InChI=1S/C18H17F3N2O2/c19-18(20,21)13-4-2-6-16(10-13)25-15-5-1-3-12(9-15)17(24)23-14-7-8-22-11-14/h1-6,9-10,14,22H,7-8,11H2,(H,23,24). The highest BCUT2D eigenvalue weighted by Crippen LogP contribution is 2.32. The molecule has 2 aromatic rings. The van der Waals surface area contributed by atoms with E-state index in [4.69, 9.17) is 4.74 Å². The number of hydrogen-bond acceptors (Lipinski definition) is 3. The highest BCUT2D eigenvalue weighted by Gasteiger charge is 2.30. The Labute approximate surface area is 143 Å². The van der Waals surface area contributed by atoms with Crippen molar-refractivity contribution in [1.29, 1.82) is 0 Å². The van der Waals surface area contributed by atoms with E-state index in [1.54, 1.807) is 18.2 Å². The number of ether oxygens (including phenoxy) is 1. The molecule has 1 saturated heterocycles. The van der Waals surface area contributed by atoms with Gasteiger partial charge in [0.2, 0.25) is 0 Å². The maximum Gasteiger partial charge on any atom is 0.416 e. The number of benzene rings is 2. The van der Waals surface area contributed by atoms with E-state index in [9.17, 15) is 18.0 Å². The van der Waals surface area contributed by atoms with Gasteiger partial charge < -0.3 is 15.4 Å². The molecule has 0 spiro atoms. The van der Waals surface area contributed by atoms with E-state index in [2.05, 4.69) is 10.6 Å². The molecule has 25 heavy (non-hydrogen) atoms. The van der Waals surface area contributed by atoms with Crippen LogP contribution in [0.15, 0.2) is 48.5 Å². The number of nitrogens with one attached hydrogen (secondary N) is 2. The third-order valence-corrected chi connectivity index (χ3v) is 3.89. The monoisotopic (exact) mass is 350 g/mol. The molecular formula is C18H17F3N2O2. The number of rotatable bonds is 4. The van der Waals surface area contributed by atoms with Gasteiger partial charge in [-0.3, -0.25) is 4.79 Å². The summed E-state index contributed by atoms with van der Waals surface area (Å²) in [6.45, 7) is 1.59. The van der Waals surface area contributed by atoms with Crippen LogP contribution in [0.1, 0.15) is 22.3 Å². The first-order chi connectivity index (χ1) is 11.9. The van der Waals surface area contributed by atoms with Crippen LogP contribution < -0.4 is 15.4 Å². The van der Waals surface area contributed by atoms with Gasteiger partial charge in [0, 0.05) is 18.2 Å². The van der Waals surface area contributed by atoms with Crippen molar-refractivity contribution >= 4 is 5.91 Å². The first kappa shape index (κ1) is 17.3. The summed E-state index contributed by atoms with van der Waals surface area (Å²) in [4.78, 5) is 12.2. The van der Waals surface area contributed by atoms with Gasteiger partial charge in [0.15, 0.2) is 0 Å². The summed E-state index contributed by atoms with van der Waals surface area (Å²) in [6, 6.07) is 11.1. The van der Waals surface area contributed by atoms with Gasteiger partial charge in [-0.15, -0.1) is 0 Å². The van der Waals surface area contributed by atoms with Crippen LogP contribution >= 0.6 is 0 Å². The van der Waals surface area contributed by atoms with Crippen LogP contribution in [0.4, 0.5) is 13.2 Å². The minimum absolute atomic E-state index is 0.0624. The zero-order chi connectivity index (χ0) is 17.9. The molecule has 1 unspecified atom stereocenters. The number of amides is 1. The molecule has 2 N–H and O–H groups in total. The summed E-state index contributed by atoms with van der Waals surface area (Å²) >= 11 is 0. The van der Waals surface area contributed by atoms with Gasteiger partial charge in [-0.25, -0.2) is 0 Å². The SMILES string of the molecule is O=C(NC1CCNC1)c1cccc(Oc2cccc(C(F)(F)F)c2)c1. The van der Waals surface area contributed by atoms with Gasteiger partial charge in [0.05, 0.1) is 5.56 Å². The minimum atomic E-state index is -4.43. The Morgan fingerprint density at radius 3 is 2.52 bits per heavy atom. The lowest BCUT2D eigenvalue weighted by molar-refractivity contribution is -0.137. The Morgan fingerprint density at radius 2 is 1.84 bits per heavy atom. The number of carbonyl (C=O) groups excluding carboxylic acids is 1. The van der Waals surface area contributed by atoms with Crippen molar-refractivity contribution in [2.75, 3.05) is 13.1 Å². The highest BCUT2D eigenvalue weighted by atomic mass is 19.4. The van der Waals surface area contributed by atoms with Gasteiger partial charge in [-0.2, -0.15) is 13.2 Å². The lowest BCUT2D eigenvalue weighted by atomic mass is 10.1. The summed E-state index contributed by atoms with van der Waals surface area (Å²) in [5.74, 6) is 0.132. The fourth-order valence-corrected chi connectivity index (χ4v) is 2.62. The van der Waals surface area contributed by atoms with E-state index in [1.165, 1.54) is 18.2 Å². The second-order valence-corrected chi connectivity index (χ2v) is 5.82. The van der Waals surface area contributed by atoms with Crippen LogP contribution in [-0.2, 0) is 6.18 Å². The molecule has 7 heteroatoms. The number of hydrogen-bond donors (Lipinski definition) is 2. The fraction of sp³-hybridized carbons (Fsp3) is 0.278. The van der Waals surface area contributed by atoms with Crippen LogP contribution in [0.25, 0.3) is 0 Å². The second kappa shape index (κ2) is 7.14. The van der Waals surface area contributed by atoms with E-state index in [0.29, 0.717) is 11.3 Å². The number of alkyl halides is 3. The second-order valence-electron chi connectivity index (χ2n) is 5.82. The Kier molecular flexibility index (Phi) is 4.94. The molecule has 0 aromatic heterocycles. The first-order valence-corrected chi connectivity index (χ1v) is 7.88. The topological polar surface area (TPSA) is 50.4 Å². The maximum atomic E-state index is 12.8. The molecule has 1 atom stereocenters. The summed E-state index contributed by atoms with van der Waals surface area (Å²) < 4.78 is 43.8. The van der Waals surface area contributed by atoms with Gasteiger partial charge in [-0.1, -0.05) is 12.1 Å². The summed E-state index contributed by atoms with van der Waals surface area (Å²) in [6.07, 6.45) is -3.57. The molecule has 1 aliphatic heterocycles. The Balaban J connectivity index is 1.72. The van der Waals surface area contributed by atoms with Crippen LogP contribution in [-0.4, -0.2) is 25.0 Å². The zero-order valence-corrected chi connectivity index (χ0v) is 13.3. The van der Waals surface area contributed by atoms with Gasteiger partial charge in [0.1, 0.15) is 11.5 Å². The molecule has 2 aromatic carbocycles. The van der Waals surface area contributed by atoms with Crippen molar-refractivity contribution in [3.63, 3.8) is 0 Å². The molecule has 3 rings (SSSR count). The Morgan fingerprint density at radius 1 is 1.12 bits per heavy atom. The van der Waals surface area contributed by atoms with Gasteiger partial charge in [0.25, 0.3) is 5.91 Å². The van der Waals surface area contributed by atoms with Gasteiger partial charge in [-0.05, 0) is 49.4 Å². The van der Waals surface area contributed by atoms with Crippen molar-refractivity contribution in [2.45, 2.75) is 18.6 Å². The third kappa shape index (κ3) is 4.51. The summed E-state index contributed by atoms with van der Waals surface area (Å²) in [5.41, 5.74) is -0.385. The number of carbonyl (C=O) groups is 1. The smallest absolute Gasteiger partial charge is 0.416 e. The van der Waals surface area contributed by atoms with Crippen LogP contribution in [0, 0.1) is 0 Å². The average molecular weight is 350 g/mol. The van der Waals surface area contributed by atoms with Gasteiger partial charge >= 0.3 is 6.18 Å². The first-order valence-electron chi connectivity index (χ1n) is 7.88. The molecule has 0 aliphatic carbocycles. The molecule has 4 nitrogen and oxygen atoms in total. The zero-order valence-electron chi connectivity index (χ0n) is 13.3. The molecule has 1 heterocycles. The molecule has 132 valence electrons. The van der Waals surface area contributed by atoms with Crippen LogP contribution in [0.5, 0.6) is 11.5 Å². The molecular weight excluding hydrogens is 333 g/mol. The molecule has 0 radical (unpaired) electrons. The fourth-order valence-electron chi connectivity index (χ4n) is 2.62. The average Bonchev–Trinajstić information content (AvgIpc) is 3.07. The number of halogens is 3. The van der Waals surface area contributed by atoms with Crippen molar-refractivity contribution in [3.05, 3.63) is 59.7 Å². The van der Waals surface area contributed by atoms with Crippen molar-refractivity contribution < 1.29 is 22.7 Å².